The largest absolute Gasteiger partial charge is 0.379 e. The zero-order valence-electron chi connectivity index (χ0n) is 11.7. The van der Waals surface area contributed by atoms with Crippen LogP contribution in [0.4, 0.5) is 0 Å². The van der Waals surface area contributed by atoms with E-state index in [4.69, 9.17) is 10.5 Å². The number of nitrogens with one attached hydrogen (secondary N) is 1. The van der Waals surface area contributed by atoms with Gasteiger partial charge in [0.05, 0.1) is 18.7 Å². The number of methoxy groups -OCH3 is 1. The predicted octanol–water partition coefficient (Wildman–Crippen LogP) is 1.29. The van der Waals surface area contributed by atoms with Crippen LogP contribution in [0.25, 0.3) is 0 Å². The zero-order chi connectivity index (χ0) is 14.4. The molecule has 1 fully saturated rings. The highest BCUT2D eigenvalue weighted by Crippen LogP contribution is 2.21. The number of benzene rings is 1. The summed E-state index contributed by atoms with van der Waals surface area (Å²) in [7, 11) is 1.69. The van der Waals surface area contributed by atoms with Gasteiger partial charge in [-0.25, -0.2) is 0 Å². The summed E-state index contributed by atoms with van der Waals surface area (Å²) in [6.07, 6.45) is 3.21. The van der Waals surface area contributed by atoms with E-state index in [1.807, 2.05) is 12.1 Å². The van der Waals surface area contributed by atoms with Crippen LogP contribution in [0.2, 0.25) is 0 Å². The first-order valence-electron chi connectivity index (χ1n) is 6.87. The van der Waals surface area contributed by atoms with Gasteiger partial charge in [-0.3, -0.25) is 4.79 Å². The zero-order valence-corrected chi connectivity index (χ0v) is 11.7. The molecule has 1 aromatic rings. The third-order valence-corrected chi connectivity index (χ3v) is 3.55. The lowest BCUT2D eigenvalue weighted by atomic mass is 10.1. The SMILES string of the molecule is COC1CCCC1NC(=O)c1ccc(C#CCN)cc1. The Kier molecular flexibility index (Phi) is 5.16. The summed E-state index contributed by atoms with van der Waals surface area (Å²) in [5, 5.41) is 3.04. The number of carbonyl (C=O) groups is 1. The van der Waals surface area contributed by atoms with Crippen LogP contribution in [-0.2, 0) is 4.74 Å². The van der Waals surface area contributed by atoms with Crippen molar-refractivity contribution < 1.29 is 9.53 Å². The number of ether oxygens (including phenoxy) is 1. The molecule has 2 rings (SSSR count). The molecular weight excluding hydrogens is 252 g/mol. The van der Waals surface area contributed by atoms with Crippen LogP contribution >= 0.6 is 0 Å². The van der Waals surface area contributed by atoms with Gasteiger partial charge in [0.1, 0.15) is 0 Å². The number of hydrogen-bond acceptors (Lipinski definition) is 3. The van der Waals surface area contributed by atoms with Crippen molar-refractivity contribution in [2.45, 2.75) is 31.4 Å². The van der Waals surface area contributed by atoms with Crippen molar-refractivity contribution in [3.63, 3.8) is 0 Å². The van der Waals surface area contributed by atoms with Crippen LogP contribution in [0, 0.1) is 11.8 Å². The van der Waals surface area contributed by atoms with Crippen LogP contribution in [0.1, 0.15) is 35.2 Å². The third kappa shape index (κ3) is 3.60. The maximum Gasteiger partial charge on any atom is 0.251 e. The minimum absolute atomic E-state index is 0.0581. The van der Waals surface area contributed by atoms with Crippen molar-refractivity contribution in [3.05, 3.63) is 35.4 Å². The standard InChI is InChI=1S/C16H20N2O2/c1-20-15-6-2-5-14(15)18-16(19)13-9-7-12(8-10-13)4-3-11-17/h7-10,14-15H,2,5-6,11,17H2,1H3,(H,18,19). The topological polar surface area (TPSA) is 64.3 Å². The molecule has 4 nitrogen and oxygen atoms in total. The fourth-order valence-corrected chi connectivity index (χ4v) is 2.48. The number of hydrogen-bond donors (Lipinski definition) is 2. The number of nitrogens with two attached hydrogens (primary N) is 1. The minimum Gasteiger partial charge on any atom is -0.379 e. The molecule has 3 N–H and O–H groups in total. The smallest absolute Gasteiger partial charge is 0.251 e. The lowest BCUT2D eigenvalue weighted by Crippen LogP contribution is -2.40. The second kappa shape index (κ2) is 7.09. The van der Waals surface area contributed by atoms with Crippen LogP contribution in [0.3, 0.4) is 0 Å². The highest BCUT2D eigenvalue weighted by molar-refractivity contribution is 5.94. The summed E-state index contributed by atoms with van der Waals surface area (Å²) in [6.45, 7) is 0.336. The first-order chi connectivity index (χ1) is 9.74. The Morgan fingerprint density at radius 2 is 2.15 bits per heavy atom. The van der Waals surface area contributed by atoms with E-state index < -0.39 is 0 Å². The van der Waals surface area contributed by atoms with E-state index in [0.717, 1.165) is 24.8 Å². The van der Waals surface area contributed by atoms with Gasteiger partial charge in [-0.05, 0) is 43.5 Å². The Hall–Kier alpha value is -1.83. The van der Waals surface area contributed by atoms with Crippen molar-refractivity contribution in [3.8, 4) is 11.8 Å². The van der Waals surface area contributed by atoms with Crippen molar-refractivity contribution in [1.82, 2.24) is 5.32 Å². The molecule has 106 valence electrons. The van der Waals surface area contributed by atoms with Crippen molar-refractivity contribution in [2.75, 3.05) is 13.7 Å². The Morgan fingerprint density at radius 1 is 1.40 bits per heavy atom. The molecule has 0 aliphatic heterocycles. The summed E-state index contributed by atoms with van der Waals surface area (Å²) in [4.78, 5) is 12.2. The van der Waals surface area contributed by atoms with E-state index in [0.29, 0.717) is 12.1 Å². The van der Waals surface area contributed by atoms with Gasteiger partial charge in [0.2, 0.25) is 0 Å². The van der Waals surface area contributed by atoms with Crippen LogP contribution in [0.5, 0.6) is 0 Å². The van der Waals surface area contributed by atoms with Gasteiger partial charge in [0.25, 0.3) is 5.91 Å². The summed E-state index contributed by atoms with van der Waals surface area (Å²) in [6, 6.07) is 7.35. The van der Waals surface area contributed by atoms with Crippen molar-refractivity contribution in [2.24, 2.45) is 5.73 Å². The van der Waals surface area contributed by atoms with E-state index in [-0.39, 0.29) is 18.1 Å². The van der Waals surface area contributed by atoms with E-state index in [2.05, 4.69) is 17.2 Å². The van der Waals surface area contributed by atoms with Gasteiger partial charge in [-0.15, -0.1) is 0 Å². The predicted molar refractivity (Wildman–Crippen MR) is 78.3 cm³/mol. The maximum atomic E-state index is 12.2. The fraction of sp³-hybridized carbons (Fsp3) is 0.438. The third-order valence-electron chi connectivity index (χ3n) is 3.55. The van der Waals surface area contributed by atoms with Gasteiger partial charge in [-0.1, -0.05) is 11.8 Å². The Labute approximate surface area is 119 Å². The quantitative estimate of drug-likeness (QED) is 0.815. The Balaban J connectivity index is 1.98. The highest BCUT2D eigenvalue weighted by atomic mass is 16.5. The summed E-state index contributed by atoms with van der Waals surface area (Å²) >= 11 is 0. The Morgan fingerprint density at radius 3 is 2.80 bits per heavy atom. The van der Waals surface area contributed by atoms with Gasteiger partial charge < -0.3 is 15.8 Å². The molecule has 1 aromatic carbocycles. The molecule has 1 saturated carbocycles. The molecule has 2 unspecified atom stereocenters. The molecule has 4 heteroatoms. The molecule has 1 aliphatic carbocycles. The maximum absolute atomic E-state index is 12.2. The number of amides is 1. The normalized spacial score (nSPS) is 21.1. The van der Waals surface area contributed by atoms with Gasteiger partial charge in [0, 0.05) is 18.2 Å². The lowest BCUT2D eigenvalue weighted by Gasteiger charge is -2.19. The number of carbonyl (C=O) groups excluding carboxylic acids is 1. The average Bonchev–Trinajstić information content (AvgIpc) is 2.92. The molecule has 0 heterocycles. The van der Waals surface area contributed by atoms with Crippen molar-refractivity contribution >= 4 is 5.91 Å². The van der Waals surface area contributed by atoms with E-state index >= 15 is 0 Å². The molecule has 0 saturated heterocycles. The fourth-order valence-electron chi connectivity index (χ4n) is 2.48. The van der Waals surface area contributed by atoms with Gasteiger partial charge in [0.15, 0.2) is 0 Å². The Bertz CT molecular complexity index is 514. The van der Waals surface area contributed by atoms with E-state index in [1.165, 1.54) is 0 Å². The molecule has 0 aromatic heterocycles. The first kappa shape index (κ1) is 14.6. The van der Waals surface area contributed by atoms with E-state index in [9.17, 15) is 4.79 Å². The van der Waals surface area contributed by atoms with Crippen LogP contribution in [-0.4, -0.2) is 31.7 Å². The van der Waals surface area contributed by atoms with Crippen molar-refractivity contribution in [1.29, 1.82) is 0 Å². The van der Waals surface area contributed by atoms with Gasteiger partial charge >= 0.3 is 0 Å². The van der Waals surface area contributed by atoms with Crippen LogP contribution in [0.15, 0.2) is 24.3 Å². The van der Waals surface area contributed by atoms with Gasteiger partial charge in [-0.2, -0.15) is 0 Å². The molecule has 0 spiro atoms. The molecule has 20 heavy (non-hydrogen) atoms. The van der Waals surface area contributed by atoms with E-state index in [1.54, 1.807) is 19.2 Å². The molecular formula is C16H20N2O2. The molecule has 2 atom stereocenters. The monoisotopic (exact) mass is 272 g/mol. The molecule has 1 amide bonds. The van der Waals surface area contributed by atoms with Crippen LogP contribution < -0.4 is 11.1 Å². The molecule has 0 radical (unpaired) electrons. The minimum atomic E-state index is -0.0581. The molecule has 1 aliphatic rings. The summed E-state index contributed by atoms with van der Waals surface area (Å²) in [5.41, 5.74) is 6.83. The highest BCUT2D eigenvalue weighted by Gasteiger charge is 2.28. The summed E-state index contributed by atoms with van der Waals surface area (Å²) < 4.78 is 5.38. The second-order valence-electron chi connectivity index (χ2n) is 4.87. The molecule has 0 bridgehead atoms. The first-order valence-corrected chi connectivity index (χ1v) is 6.87. The average molecular weight is 272 g/mol. The number of rotatable bonds is 3. The lowest BCUT2D eigenvalue weighted by molar-refractivity contribution is 0.0722. The second-order valence-corrected chi connectivity index (χ2v) is 4.87. The summed E-state index contributed by atoms with van der Waals surface area (Å²) in [5.74, 6) is 5.66.